The van der Waals surface area contributed by atoms with Gasteiger partial charge in [0.05, 0.1) is 7.11 Å². The lowest BCUT2D eigenvalue weighted by Gasteiger charge is -2.33. The van der Waals surface area contributed by atoms with Crippen LogP contribution in [0.2, 0.25) is 0 Å². The highest BCUT2D eigenvalue weighted by molar-refractivity contribution is 5.97. The van der Waals surface area contributed by atoms with Crippen LogP contribution in [0.1, 0.15) is 37.5 Å². The van der Waals surface area contributed by atoms with Gasteiger partial charge in [-0.15, -0.1) is 0 Å². The average molecular weight is 349 g/mol. The smallest absolute Gasteiger partial charge is 0.135 e. The number of likely N-dealkylation sites (tertiary alicyclic amines) is 1. The fourth-order valence-corrected chi connectivity index (χ4v) is 4.18. The molecule has 1 atom stereocenters. The Balaban J connectivity index is 1.77. The Bertz CT molecular complexity index is 897. The van der Waals surface area contributed by atoms with Gasteiger partial charge in [0.1, 0.15) is 17.1 Å². The van der Waals surface area contributed by atoms with Crippen molar-refractivity contribution in [1.29, 1.82) is 0 Å². The lowest BCUT2D eigenvalue weighted by molar-refractivity contribution is 0.151. The van der Waals surface area contributed by atoms with Crippen LogP contribution in [0.25, 0.3) is 22.1 Å². The SMILES string of the molecule is COc1cc2c(-c3ccccc3)c(C)oc2cc1CN1CCCCC1C. The summed E-state index contributed by atoms with van der Waals surface area (Å²) in [5.74, 6) is 1.91. The number of methoxy groups -OCH3 is 1. The van der Waals surface area contributed by atoms with E-state index in [0.717, 1.165) is 41.1 Å². The third kappa shape index (κ3) is 3.12. The summed E-state index contributed by atoms with van der Waals surface area (Å²) in [7, 11) is 1.76. The normalized spacial score (nSPS) is 18.3. The largest absolute Gasteiger partial charge is 0.496 e. The molecule has 1 saturated heterocycles. The van der Waals surface area contributed by atoms with Gasteiger partial charge in [-0.25, -0.2) is 0 Å². The molecule has 0 bridgehead atoms. The predicted molar refractivity (Wildman–Crippen MR) is 107 cm³/mol. The zero-order chi connectivity index (χ0) is 18.1. The second-order valence-electron chi connectivity index (χ2n) is 7.37. The van der Waals surface area contributed by atoms with Gasteiger partial charge in [0.25, 0.3) is 0 Å². The molecule has 0 N–H and O–H groups in total. The van der Waals surface area contributed by atoms with Crippen molar-refractivity contribution in [3.63, 3.8) is 0 Å². The van der Waals surface area contributed by atoms with Gasteiger partial charge in [-0.05, 0) is 50.9 Å². The molecular weight excluding hydrogens is 322 g/mol. The molecule has 1 unspecified atom stereocenters. The van der Waals surface area contributed by atoms with E-state index in [1.54, 1.807) is 7.11 Å². The van der Waals surface area contributed by atoms with Gasteiger partial charge >= 0.3 is 0 Å². The summed E-state index contributed by atoms with van der Waals surface area (Å²) in [6.45, 7) is 6.45. The monoisotopic (exact) mass is 349 g/mol. The first-order valence-corrected chi connectivity index (χ1v) is 9.57. The van der Waals surface area contributed by atoms with Gasteiger partial charge in [0, 0.05) is 29.1 Å². The first-order chi connectivity index (χ1) is 12.7. The maximum atomic E-state index is 6.14. The van der Waals surface area contributed by atoms with Crippen LogP contribution < -0.4 is 4.74 Å². The van der Waals surface area contributed by atoms with Gasteiger partial charge in [0.2, 0.25) is 0 Å². The van der Waals surface area contributed by atoms with E-state index in [0.29, 0.717) is 6.04 Å². The molecule has 0 amide bonds. The number of hydrogen-bond acceptors (Lipinski definition) is 3. The molecule has 1 aromatic heterocycles. The third-order valence-electron chi connectivity index (χ3n) is 5.64. The maximum absolute atomic E-state index is 6.14. The van der Waals surface area contributed by atoms with Gasteiger partial charge in [-0.1, -0.05) is 36.8 Å². The lowest BCUT2D eigenvalue weighted by atomic mass is 9.99. The number of furan rings is 1. The average Bonchev–Trinajstić information content (AvgIpc) is 2.98. The van der Waals surface area contributed by atoms with E-state index in [9.17, 15) is 0 Å². The van der Waals surface area contributed by atoms with Crippen LogP contribution >= 0.6 is 0 Å². The molecule has 3 aromatic rings. The number of hydrogen-bond donors (Lipinski definition) is 0. The van der Waals surface area contributed by atoms with Crippen molar-refractivity contribution in [2.45, 2.75) is 45.7 Å². The van der Waals surface area contributed by atoms with E-state index in [-0.39, 0.29) is 0 Å². The summed E-state index contributed by atoms with van der Waals surface area (Å²) in [5.41, 5.74) is 4.50. The zero-order valence-electron chi connectivity index (χ0n) is 15.9. The summed E-state index contributed by atoms with van der Waals surface area (Å²) in [4.78, 5) is 2.56. The number of rotatable bonds is 4. The molecule has 1 aliphatic heterocycles. The highest BCUT2D eigenvalue weighted by Crippen LogP contribution is 2.38. The van der Waals surface area contributed by atoms with Gasteiger partial charge < -0.3 is 9.15 Å². The Labute approximate surface area is 155 Å². The molecule has 0 radical (unpaired) electrons. The lowest BCUT2D eigenvalue weighted by Crippen LogP contribution is -2.36. The molecule has 136 valence electrons. The minimum atomic E-state index is 0.627. The van der Waals surface area contributed by atoms with Crippen LogP contribution in [0.5, 0.6) is 5.75 Å². The summed E-state index contributed by atoms with van der Waals surface area (Å²) < 4.78 is 11.9. The summed E-state index contributed by atoms with van der Waals surface area (Å²) >= 11 is 0. The topological polar surface area (TPSA) is 25.6 Å². The van der Waals surface area contributed by atoms with Crippen molar-refractivity contribution in [2.75, 3.05) is 13.7 Å². The number of nitrogens with zero attached hydrogens (tertiary/aromatic N) is 1. The Morgan fingerprint density at radius 2 is 1.96 bits per heavy atom. The van der Waals surface area contributed by atoms with E-state index < -0.39 is 0 Å². The Kier molecular flexibility index (Phi) is 4.73. The van der Waals surface area contributed by atoms with Crippen molar-refractivity contribution in [2.24, 2.45) is 0 Å². The Hall–Kier alpha value is -2.26. The van der Waals surface area contributed by atoms with E-state index >= 15 is 0 Å². The van der Waals surface area contributed by atoms with Crippen molar-refractivity contribution in [3.05, 3.63) is 53.8 Å². The fraction of sp³-hybridized carbons (Fsp3) is 0.391. The van der Waals surface area contributed by atoms with Gasteiger partial charge in [-0.3, -0.25) is 4.90 Å². The van der Waals surface area contributed by atoms with Crippen LogP contribution in [0.3, 0.4) is 0 Å². The first-order valence-electron chi connectivity index (χ1n) is 9.57. The number of aryl methyl sites for hydroxylation is 1. The summed E-state index contributed by atoms with van der Waals surface area (Å²) in [5, 5.41) is 1.13. The first kappa shape index (κ1) is 17.2. The van der Waals surface area contributed by atoms with Crippen LogP contribution in [-0.4, -0.2) is 24.6 Å². The highest BCUT2D eigenvalue weighted by atomic mass is 16.5. The number of fused-ring (bicyclic) bond motifs is 1. The fourth-order valence-electron chi connectivity index (χ4n) is 4.18. The van der Waals surface area contributed by atoms with Crippen LogP contribution in [0.15, 0.2) is 46.9 Å². The molecule has 2 aromatic carbocycles. The Morgan fingerprint density at radius 3 is 2.69 bits per heavy atom. The molecular formula is C23H27NO2. The summed E-state index contributed by atoms with van der Waals surface area (Å²) in [6.07, 6.45) is 3.90. The molecule has 0 aliphatic carbocycles. The van der Waals surface area contributed by atoms with Crippen molar-refractivity contribution >= 4 is 11.0 Å². The molecule has 3 heteroatoms. The van der Waals surface area contributed by atoms with Gasteiger partial charge in [-0.2, -0.15) is 0 Å². The van der Waals surface area contributed by atoms with Crippen LogP contribution in [0.4, 0.5) is 0 Å². The second kappa shape index (κ2) is 7.16. The molecule has 1 aliphatic rings. The molecule has 0 spiro atoms. The molecule has 2 heterocycles. The molecule has 0 saturated carbocycles. The minimum Gasteiger partial charge on any atom is -0.496 e. The summed E-state index contributed by atoms with van der Waals surface area (Å²) in [6, 6.07) is 15.4. The molecule has 26 heavy (non-hydrogen) atoms. The zero-order valence-corrected chi connectivity index (χ0v) is 15.9. The van der Waals surface area contributed by atoms with Crippen molar-refractivity contribution < 1.29 is 9.15 Å². The predicted octanol–water partition coefficient (Wildman–Crippen LogP) is 5.79. The number of ether oxygens (including phenoxy) is 1. The molecule has 4 rings (SSSR count). The van der Waals surface area contributed by atoms with E-state index in [1.165, 1.54) is 30.4 Å². The van der Waals surface area contributed by atoms with Crippen LogP contribution in [-0.2, 0) is 6.54 Å². The molecule has 3 nitrogen and oxygen atoms in total. The van der Waals surface area contributed by atoms with Gasteiger partial charge in [0.15, 0.2) is 0 Å². The number of benzene rings is 2. The third-order valence-corrected chi connectivity index (χ3v) is 5.64. The van der Waals surface area contributed by atoms with E-state index in [4.69, 9.17) is 9.15 Å². The quantitative estimate of drug-likeness (QED) is 0.596. The highest BCUT2D eigenvalue weighted by Gasteiger charge is 2.21. The molecule has 1 fully saturated rings. The Morgan fingerprint density at radius 1 is 1.15 bits per heavy atom. The van der Waals surface area contributed by atoms with Crippen LogP contribution in [0, 0.1) is 6.92 Å². The second-order valence-corrected chi connectivity index (χ2v) is 7.37. The minimum absolute atomic E-state index is 0.627. The number of piperidine rings is 1. The van der Waals surface area contributed by atoms with Crippen molar-refractivity contribution in [1.82, 2.24) is 4.90 Å². The maximum Gasteiger partial charge on any atom is 0.135 e. The van der Waals surface area contributed by atoms with E-state index in [2.05, 4.69) is 48.2 Å². The standard InChI is InChI=1S/C23H27NO2/c1-16-9-7-8-12-24(16)15-19-13-22-20(14-21(19)25-3)23(17(2)26-22)18-10-5-4-6-11-18/h4-6,10-11,13-14,16H,7-9,12,15H2,1-3H3. The van der Waals surface area contributed by atoms with E-state index in [1.807, 2.05) is 13.0 Å². The van der Waals surface area contributed by atoms with Crippen molar-refractivity contribution in [3.8, 4) is 16.9 Å².